The van der Waals surface area contributed by atoms with Crippen LogP contribution in [-0.2, 0) is 4.79 Å². The molecule has 1 unspecified atom stereocenters. The number of aryl methyl sites for hydroxylation is 1. The van der Waals surface area contributed by atoms with Crippen LogP contribution in [0.25, 0.3) is 5.69 Å². The number of nitrogens with zero attached hydrogens (tertiary/aromatic N) is 3. The van der Waals surface area contributed by atoms with Gasteiger partial charge in [-0.25, -0.2) is 9.48 Å². The van der Waals surface area contributed by atoms with E-state index in [2.05, 4.69) is 5.10 Å². The van der Waals surface area contributed by atoms with Gasteiger partial charge in [0.05, 0.1) is 5.69 Å². The van der Waals surface area contributed by atoms with E-state index in [0.29, 0.717) is 24.4 Å². The fraction of sp³-hybridized carbons (Fsp3) is 0.353. The van der Waals surface area contributed by atoms with Crippen LogP contribution in [0.15, 0.2) is 30.3 Å². The lowest BCUT2D eigenvalue weighted by Gasteiger charge is -2.30. The summed E-state index contributed by atoms with van der Waals surface area (Å²) in [4.78, 5) is 25.8. The number of carboxylic acid groups (broad SMARTS) is 1. The number of carbonyl (C=O) groups excluding carboxylic acids is 1. The Bertz CT molecular complexity index is 817. The average molecular weight is 348 g/mol. The van der Waals surface area contributed by atoms with E-state index < -0.39 is 11.5 Å². The van der Waals surface area contributed by atoms with Gasteiger partial charge in [0, 0.05) is 17.3 Å². The first-order chi connectivity index (χ1) is 11.3. The van der Waals surface area contributed by atoms with E-state index >= 15 is 0 Å². The highest BCUT2D eigenvalue weighted by Gasteiger charge is 2.46. The fourth-order valence-electron chi connectivity index (χ4n) is 3.10. The molecular formula is C17H18ClN3O3. The number of hydrogen-bond acceptors (Lipinski definition) is 3. The Morgan fingerprint density at radius 2 is 2.08 bits per heavy atom. The number of carbonyl (C=O) groups is 2. The predicted molar refractivity (Wildman–Crippen MR) is 89.6 cm³/mol. The van der Waals surface area contributed by atoms with E-state index in [1.54, 1.807) is 29.8 Å². The molecule has 2 aromatic rings. The Morgan fingerprint density at radius 1 is 1.33 bits per heavy atom. The minimum atomic E-state index is -1.18. The number of aliphatic carboxylic acids is 1. The summed E-state index contributed by atoms with van der Waals surface area (Å²) >= 11 is 6.01. The standard InChI is InChI=1S/C17H18ClN3O3/c1-11-9-14(19-21(11)13-6-3-5-12(18)10-13)15(22)20-8-4-7-17(20,2)16(23)24/h3,5-6,9-10H,4,7-8H2,1-2H3,(H,23,24). The molecule has 1 aromatic heterocycles. The second-order valence-corrected chi connectivity index (χ2v) is 6.64. The van der Waals surface area contributed by atoms with Gasteiger partial charge in [0.15, 0.2) is 5.69 Å². The largest absolute Gasteiger partial charge is 0.480 e. The summed E-state index contributed by atoms with van der Waals surface area (Å²) in [6.07, 6.45) is 1.12. The highest BCUT2D eigenvalue weighted by molar-refractivity contribution is 6.30. The van der Waals surface area contributed by atoms with Crippen LogP contribution < -0.4 is 0 Å². The van der Waals surface area contributed by atoms with Crippen LogP contribution in [0.4, 0.5) is 0 Å². The molecule has 126 valence electrons. The van der Waals surface area contributed by atoms with Crippen molar-refractivity contribution in [3.05, 3.63) is 46.7 Å². The van der Waals surface area contributed by atoms with Crippen LogP contribution >= 0.6 is 11.6 Å². The van der Waals surface area contributed by atoms with Crippen LogP contribution in [0.2, 0.25) is 5.02 Å². The summed E-state index contributed by atoms with van der Waals surface area (Å²) in [5.74, 6) is -1.35. The lowest BCUT2D eigenvalue weighted by atomic mass is 9.99. The molecule has 0 aliphatic carbocycles. The molecule has 0 spiro atoms. The molecule has 0 bridgehead atoms. The number of amides is 1. The summed E-state index contributed by atoms with van der Waals surface area (Å²) in [5, 5.41) is 14.4. The Labute approximate surface area is 144 Å². The Kier molecular flexibility index (Phi) is 4.09. The van der Waals surface area contributed by atoms with E-state index in [9.17, 15) is 14.7 Å². The first-order valence-electron chi connectivity index (χ1n) is 7.71. The second kappa shape index (κ2) is 5.94. The maximum absolute atomic E-state index is 12.8. The molecule has 1 aliphatic heterocycles. The van der Waals surface area contributed by atoms with Crippen molar-refractivity contribution >= 4 is 23.5 Å². The average Bonchev–Trinajstić information content (AvgIpc) is 3.11. The number of likely N-dealkylation sites (tertiary alicyclic amines) is 1. The van der Waals surface area contributed by atoms with Gasteiger partial charge < -0.3 is 10.0 Å². The summed E-state index contributed by atoms with van der Waals surface area (Å²) < 4.78 is 1.63. The molecule has 24 heavy (non-hydrogen) atoms. The first-order valence-corrected chi connectivity index (χ1v) is 8.09. The van der Waals surface area contributed by atoms with Crippen molar-refractivity contribution in [3.63, 3.8) is 0 Å². The third-order valence-electron chi connectivity index (χ3n) is 4.51. The Morgan fingerprint density at radius 3 is 2.75 bits per heavy atom. The predicted octanol–water partition coefficient (Wildman–Crippen LogP) is 2.91. The van der Waals surface area contributed by atoms with Gasteiger partial charge in [0.1, 0.15) is 5.54 Å². The van der Waals surface area contributed by atoms with Gasteiger partial charge in [-0.2, -0.15) is 5.10 Å². The Balaban J connectivity index is 1.95. The third-order valence-corrected chi connectivity index (χ3v) is 4.74. The molecule has 3 rings (SSSR count). The van der Waals surface area contributed by atoms with Gasteiger partial charge in [0.2, 0.25) is 0 Å². The van der Waals surface area contributed by atoms with Crippen molar-refractivity contribution in [1.29, 1.82) is 0 Å². The van der Waals surface area contributed by atoms with Crippen molar-refractivity contribution in [2.75, 3.05) is 6.54 Å². The van der Waals surface area contributed by atoms with E-state index in [0.717, 1.165) is 11.4 Å². The molecule has 1 aliphatic rings. The van der Waals surface area contributed by atoms with E-state index in [-0.39, 0.29) is 11.6 Å². The molecular weight excluding hydrogens is 330 g/mol. The molecule has 1 saturated heterocycles. The smallest absolute Gasteiger partial charge is 0.329 e. The summed E-state index contributed by atoms with van der Waals surface area (Å²) in [6.45, 7) is 3.84. The van der Waals surface area contributed by atoms with Crippen molar-refractivity contribution in [3.8, 4) is 5.69 Å². The van der Waals surface area contributed by atoms with Gasteiger partial charge >= 0.3 is 5.97 Å². The molecule has 0 radical (unpaired) electrons. The minimum Gasteiger partial charge on any atom is -0.480 e. The van der Waals surface area contributed by atoms with Gasteiger partial charge in [-0.1, -0.05) is 17.7 Å². The normalized spacial score (nSPS) is 20.4. The van der Waals surface area contributed by atoms with Gasteiger partial charge in [-0.3, -0.25) is 4.79 Å². The highest BCUT2D eigenvalue weighted by atomic mass is 35.5. The Hall–Kier alpha value is -2.34. The van der Waals surface area contributed by atoms with Crippen molar-refractivity contribution in [1.82, 2.24) is 14.7 Å². The maximum atomic E-state index is 12.8. The lowest BCUT2D eigenvalue weighted by Crippen LogP contribution is -2.50. The van der Waals surface area contributed by atoms with E-state index in [4.69, 9.17) is 11.6 Å². The van der Waals surface area contributed by atoms with E-state index in [1.807, 2.05) is 19.1 Å². The molecule has 1 aromatic carbocycles. The SMILES string of the molecule is Cc1cc(C(=O)N2CCCC2(C)C(=O)O)nn1-c1cccc(Cl)c1. The summed E-state index contributed by atoms with van der Waals surface area (Å²) in [6, 6.07) is 8.84. The van der Waals surface area contributed by atoms with Crippen LogP contribution in [0.1, 0.15) is 35.9 Å². The zero-order chi connectivity index (χ0) is 17.5. The molecule has 1 fully saturated rings. The molecule has 1 atom stereocenters. The zero-order valence-corrected chi connectivity index (χ0v) is 14.2. The molecule has 1 N–H and O–H groups in total. The van der Waals surface area contributed by atoms with Gasteiger partial charge in [-0.05, 0) is 51.0 Å². The van der Waals surface area contributed by atoms with Crippen molar-refractivity contribution in [2.24, 2.45) is 0 Å². The quantitative estimate of drug-likeness (QED) is 0.926. The second-order valence-electron chi connectivity index (χ2n) is 6.20. The molecule has 1 amide bonds. The first kappa shape index (κ1) is 16.5. The fourth-order valence-corrected chi connectivity index (χ4v) is 3.28. The monoisotopic (exact) mass is 347 g/mol. The van der Waals surface area contributed by atoms with Crippen LogP contribution in [0, 0.1) is 6.92 Å². The van der Waals surface area contributed by atoms with Crippen LogP contribution in [-0.4, -0.2) is 43.7 Å². The topological polar surface area (TPSA) is 75.4 Å². The number of carboxylic acids is 1. The van der Waals surface area contributed by atoms with E-state index in [1.165, 1.54) is 4.90 Å². The molecule has 0 saturated carbocycles. The number of aromatic nitrogens is 2. The number of benzene rings is 1. The van der Waals surface area contributed by atoms with Crippen molar-refractivity contribution < 1.29 is 14.7 Å². The number of halogens is 1. The molecule has 2 heterocycles. The molecule has 7 heteroatoms. The van der Waals surface area contributed by atoms with Gasteiger partial charge in [-0.15, -0.1) is 0 Å². The summed E-state index contributed by atoms with van der Waals surface area (Å²) in [7, 11) is 0. The van der Waals surface area contributed by atoms with Crippen LogP contribution in [0.5, 0.6) is 0 Å². The van der Waals surface area contributed by atoms with Gasteiger partial charge in [0.25, 0.3) is 5.91 Å². The number of rotatable bonds is 3. The number of hydrogen-bond donors (Lipinski definition) is 1. The van der Waals surface area contributed by atoms with Crippen molar-refractivity contribution in [2.45, 2.75) is 32.2 Å². The maximum Gasteiger partial charge on any atom is 0.329 e. The lowest BCUT2D eigenvalue weighted by molar-refractivity contribution is -0.147. The minimum absolute atomic E-state index is 0.238. The zero-order valence-electron chi connectivity index (χ0n) is 13.5. The third kappa shape index (κ3) is 2.67. The highest BCUT2D eigenvalue weighted by Crippen LogP contribution is 2.31. The summed E-state index contributed by atoms with van der Waals surface area (Å²) in [5.41, 5.74) is 0.588. The molecule has 6 nitrogen and oxygen atoms in total. The van der Waals surface area contributed by atoms with Crippen LogP contribution in [0.3, 0.4) is 0 Å².